The van der Waals surface area contributed by atoms with Crippen LogP contribution in [0, 0.1) is 5.41 Å². The summed E-state index contributed by atoms with van der Waals surface area (Å²) in [5.41, 5.74) is 0.536. The van der Waals surface area contributed by atoms with E-state index in [0.717, 1.165) is 6.54 Å². The highest BCUT2D eigenvalue weighted by Crippen LogP contribution is 2.43. The van der Waals surface area contributed by atoms with Crippen molar-refractivity contribution in [2.24, 2.45) is 5.41 Å². The highest BCUT2D eigenvalue weighted by atomic mass is 32.1. The molecule has 1 aromatic heterocycles. The Morgan fingerprint density at radius 3 is 2.93 bits per heavy atom. The molecule has 1 heterocycles. The molecule has 0 spiro atoms. The summed E-state index contributed by atoms with van der Waals surface area (Å²) >= 11 is 1.79. The van der Waals surface area contributed by atoms with Gasteiger partial charge in [-0.05, 0) is 24.8 Å². The Kier molecular flexibility index (Phi) is 3.19. The smallest absolute Gasteiger partial charge is 0.0930 e. The van der Waals surface area contributed by atoms with Crippen molar-refractivity contribution < 1.29 is 0 Å². The normalized spacial score (nSPS) is 19.2. The molecule has 78 valence electrons. The Morgan fingerprint density at radius 1 is 1.57 bits per heavy atom. The number of nitrogens with one attached hydrogen (secondary N) is 1. The van der Waals surface area contributed by atoms with Crippen LogP contribution in [0.4, 0.5) is 0 Å². The van der Waals surface area contributed by atoms with Crippen LogP contribution in [-0.4, -0.2) is 18.1 Å². The van der Waals surface area contributed by atoms with E-state index >= 15 is 0 Å². The fourth-order valence-corrected chi connectivity index (χ4v) is 2.93. The standard InChI is InChI=1S/C11H18N2S/c1-2-12-9-11(4-3-5-11)8-10-13-6-7-14-10/h6-7,12H,2-5,8-9H2,1H3. The van der Waals surface area contributed by atoms with Crippen molar-refractivity contribution in [3.8, 4) is 0 Å². The maximum absolute atomic E-state index is 4.38. The molecule has 1 aromatic rings. The Hall–Kier alpha value is -0.410. The van der Waals surface area contributed by atoms with Gasteiger partial charge in [0.15, 0.2) is 0 Å². The molecule has 0 aliphatic heterocycles. The van der Waals surface area contributed by atoms with Gasteiger partial charge >= 0.3 is 0 Å². The van der Waals surface area contributed by atoms with Gasteiger partial charge in [0.2, 0.25) is 0 Å². The van der Waals surface area contributed by atoms with Crippen molar-refractivity contribution in [3.05, 3.63) is 16.6 Å². The molecule has 0 unspecified atom stereocenters. The number of hydrogen-bond acceptors (Lipinski definition) is 3. The fourth-order valence-electron chi connectivity index (χ4n) is 2.14. The van der Waals surface area contributed by atoms with E-state index < -0.39 is 0 Å². The first-order valence-electron chi connectivity index (χ1n) is 5.44. The first-order chi connectivity index (χ1) is 6.85. The van der Waals surface area contributed by atoms with Crippen molar-refractivity contribution in [2.45, 2.75) is 32.6 Å². The van der Waals surface area contributed by atoms with Gasteiger partial charge in [0, 0.05) is 24.5 Å². The summed E-state index contributed by atoms with van der Waals surface area (Å²) in [6.07, 6.45) is 7.24. The van der Waals surface area contributed by atoms with Gasteiger partial charge in [-0.1, -0.05) is 13.3 Å². The quantitative estimate of drug-likeness (QED) is 0.807. The van der Waals surface area contributed by atoms with Crippen LogP contribution in [-0.2, 0) is 6.42 Å². The van der Waals surface area contributed by atoms with Gasteiger partial charge in [-0.15, -0.1) is 11.3 Å². The summed E-state index contributed by atoms with van der Waals surface area (Å²) in [4.78, 5) is 4.38. The Balaban J connectivity index is 1.92. The maximum Gasteiger partial charge on any atom is 0.0930 e. The first-order valence-corrected chi connectivity index (χ1v) is 6.32. The van der Waals surface area contributed by atoms with Gasteiger partial charge in [-0.25, -0.2) is 4.98 Å². The molecule has 0 amide bonds. The monoisotopic (exact) mass is 210 g/mol. The van der Waals surface area contributed by atoms with E-state index in [-0.39, 0.29) is 0 Å². The molecule has 1 aliphatic rings. The molecule has 0 bridgehead atoms. The van der Waals surface area contributed by atoms with Crippen molar-refractivity contribution >= 4 is 11.3 Å². The fraction of sp³-hybridized carbons (Fsp3) is 0.727. The molecular formula is C11H18N2S. The molecule has 3 heteroatoms. The van der Waals surface area contributed by atoms with Crippen LogP contribution in [0.25, 0.3) is 0 Å². The number of rotatable bonds is 5. The summed E-state index contributed by atoms with van der Waals surface area (Å²) in [6, 6.07) is 0. The molecule has 1 saturated carbocycles. The zero-order valence-corrected chi connectivity index (χ0v) is 9.57. The molecule has 14 heavy (non-hydrogen) atoms. The minimum atomic E-state index is 0.536. The van der Waals surface area contributed by atoms with E-state index in [9.17, 15) is 0 Å². The van der Waals surface area contributed by atoms with Crippen LogP contribution in [0.5, 0.6) is 0 Å². The van der Waals surface area contributed by atoms with Crippen molar-refractivity contribution in [1.82, 2.24) is 10.3 Å². The lowest BCUT2D eigenvalue weighted by molar-refractivity contribution is 0.131. The zero-order chi connectivity index (χ0) is 9.86. The molecule has 1 aliphatic carbocycles. The average molecular weight is 210 g/mol. The summed E-state index contributed by atoms with van der Waals surface area (Å²) < 4.78 is 0. The summed E-state index contributed by atoms with van der Waals surface area (Å²) in [6.45, 7) is 4.43. The van der Waals surface area contributed by atoms with Gasteiger partial charge in [-0.2, -0.15) is 0 Å². The van der Waals surface area contributed by atoms with Crippen LogP contribution >= 0.6 is 11.3 Å². The first kappa shape index (κ1) is 10.1. The van der Waals surface area contributed by atoms with E-state index in [2.05, 4.69) is 22.6 Å². The largest absolute Gasteiger partial charge is 0.316 e. The summed E-state index contributed by atoms with van der Waals surface area (Å²) in [5, 5.41) is 6.87. The Labute approximate surface area is 89.8 Å². The van der Waals surface area contributed by atoms with Crippen molar-refractivity contribution in [3.63, 3.8) is 0 Å². The topological polar surface area (TPSA) is 24.9 Å². The third-order valence-corrected chi connectivity index (χ3v) is 3.95. The van der Waals surface area contributed by atoms with Crippen LogP contribution in [0.15, 0.2) is 11.6 Å². The Morgan fingerprint density at radius 2 is 2.43 bits per heavy atom. The van der Waals surface area contributed by atoms with Crippen LogP contribution in [0.1, 0.15) is 31.2 Å². The highest BCUT2D eigenvalue weighted by molar-refractivity contribution is 7.09. The van der Waals surface area contributed by atoms with Gasteiger partial charge in [0.05, 0.1) is 5.01 Å². The molecule has 0 saturated heterocycles. The Bertz CT molecular complexity index is 265. The van der Waals surface area contributed by atoms with Gasteiger partial charge in [0.25, 0.3) is 0 Å². The number of thiazole rings is 1. The average Bonchev–Trinajstić information content (AvgIpc) is 2.62. The third-order valence-electron chi connectivity index (χ3n) is 3.17. The molecule has 1 N–H and O–H groups in total. The second-order valence-electron chi connectivity index (χ2n) is 4.24. The van der Waals surface area contributed by atoms with Crippen LogP contribution in [0.2, 0.25) is 0 Å². The highest BCUT2D eigenvalue weighted by Gasteiger charge is 2.37. The van der Waals surface area contributed by atoms with E-state index in [1.165, 1.54) is 37.2 Å². The van der Waals surface area contributed by atoms with Gasteiger partial charge < -0.3 is 5.32 Å². The lowest BCUT2D eigenvalue weighted by Crippen LogP contribution is -2.41. The van der Waals surface area contributed by atoms with E-state index in [0.29, 0.717) is 5.41 Å². The number of nitrogens with zero attached hydrogens (tertiary/aromatic N) is 1. The molecule has 0 radical (unpaired) electrons. The van der Waals surface area contributed by atoms with E-state index in [1.807, 2.05) is 6.20 Å². The molecule has 0 aromatic carbocycles. The lowest BCUT2D eigenvalue weighted by atomic mass is 9.66. The zero-order valence-electron chi connectivity index (χ0n) is 8.75. The van der Waals surface area contributed by atoms with Crippen molar-refractivity contribution in [2.75, 3.05) is 13.1 Å². The molecular weight excluding hydrogens is 192 g/mol. The SMILES string of the molecule is CCNCC1(Cc2nccs2)CCC1. The predicted molar refractivity (Wildman–Crippen MR) is 60.6 cm³/mol. The molecule has 1 fully saturated rings. The second kappa shape index (κ2) is 4.41. The molecule has 0 atom stereocenters. The van der Waals surface area contributed by atoms with Crippen LogP contribution < -0.4 is 5.32 Å². The predicted octanol–water partition coefficient (Wildman–Crippen LogP) is 2.47. The van der Waals surface area contributed by atoms with Crippen LogP contribution in [0.3, 0.4) is 0 Å². The van der Waals surface area contributed by atoms with E-state index in [4.69, 9.17) is 0 Å². The number of hydrogen-bond donors (Lipinski definition) is 1. The van der Waals surface area contributed by atoms with E-state index in [1.54, 1.807) is 11.3 Å². The third kappa shape index (κ3) is 2.15. The maximum atomic E-state index is 4.38. The van der Waals surface area contributed by atoms with Gasteiger partial charge in [-0.3, -0.25) is 0 Å². The second-order valence-corrected chi connectivity index (χ2v) is 5.22. The summed E-state index contributed by atoms with van der Waals surface area (Å²) in [5.74, 6) is 0. The minimum absolute atomic E-state index is 0.536. The van der Waals surface area contributed by atoms with Crippen molar-refractivity contribution in [1.29, 1.82) is 0 Å². The van der Waals surface area contributed by atoms with Gasteiger partial charge in [0.1, 0.15) is 0 Å². The lowest BCUT2D eigenvalue weighted by Gasteiger charge is -2.41. The molecule has 2 nitrogen and oxygen atoms in total. The molecule has 2 rings (SSSR count). The summed E-state index contributed by atoms with van der Waals surface area (Å²) in [7, 11) is 0. The number of aromatic nitrogens is 1. The minimum Gasteiger partial charge on any atom is -0.316 e.